The molecule has 5 heteroatoms. The zero-order valence-electron chi connectivity index (χ0n) is 13.9. The number of amides is 1. The van der Waals surface area contributed by atoms with Gasteiger partial charge in [-0.05, 0) is 25.5 Å². The van der Waals surface area contributed by atoms with Gasteiger partial charge in [-0.3, -0.25) is 4.79 Å². The summed E-state index contributed by atoms with van der Waals surface area (Å²) in [4.78, 5) is 26.3. The number of methoxy groups -OCH3 is 2. The molecule has 0 aromatic heterocycles. The van der Waals surface area contributed by atoms with E-state index in [0.29, 0.717) is 30.0 Å². The summed E-state index contributed by atoms with van der Waals surface area (Å²) >= 11 is 0. The second-order valence-electron chi connectivity index (χ2n) is 5.37. The molecule has 0 atom stereocenters. The number of aryl methyl sites for hydroxylation is 1. The Morgan fingerprint density at radius 3 is 2.39 bits per heavy atom. The highest BCUT2D eigenvalue weighted by Crippen LogP contribution is 2.31. The molecule has 0 radical (unpaired) electrons. The highest BCUT2D eigenvalue weighted by Gasteiger charge is 2.36. The Morgan fingerprint density at radius 2 is 1.83 bits per heavy atom. The standard InChI is InChI=1S/C18H21NO4/c1-12-5-7-14(8-6-12)11-15-16(18(21)23-4)13(2)19(17(15)20)9-10-22-3/h5-8,11H,9-10H2,1-4H3/b15-11-. The van der Waals surface area contributed by atoms with Crippen LogP contribution in [0.4, 0.5) is 0 Å². The van der Waals surface area contributed by atoms with Crippen LogP contribution in [0.25, 0.3) is 6.08 Å². The Hall–Kier alpha value is -2.40. The third-order valence-corrected chi connectivity index (χ3v) is 3.81. The van der Waals surface area contributed by atoms with Gasteiger partial charge in [-0.1, -0.05) is 29.8 Å². The summed E-state index contributed by atoms with van der Waals surface area (Å²) in [5, 5.41) is 0. The van der Waals surface area contributed by atoms with E-state index in [1.807, 2.05) is 31.2 Å². The number of carbonyl (C=O) groups excluding carboxylic acids is 2. The first-order chi connectivity index (χ1) is 11.0. The average Bonchev–Trinajstić information content (AvgIpc) is 2.77. The lowest BCUT2D eigenvalue weighted by Gasteiger charge is -2.16. The molecule has 5 nitrogen and oxygen atoms in total. The maximum absolute atomic E-state index is 12.7. The number of hydrogen-bond acceptors (Lipinski definition) is 4. The van der Waals surface area contributed by atoms with E-state index in [-0.39, 0.29) is 5.91 Å². The van der Waals surface area contributed by atoms with Gasteiger partial charge in [0.1, 0.15) is 0 Å². The molecule has 0 fully saturated rings. The lowest BCUT2D eigenvalue weighted by atomic mass is 10.0. The van der Waals surface area contributed by atoms with E-state index >= 15 is 0 Å². The number of hydrogen-bond donors (Lipinski definition) is 0. The summed E-state index contributed by atoms with van der Waals surface area (Å²) in [6, 6.07) is 7.75. The van der Waals surface area contributed by atoms with Crippen LogP contribution in [-0.2, 0) is 19.1 Å². The molecule has 2 rings (SSSR count). The van der Waals surface area contributed by atoms with Crippen LogP contribution in [0, 0.1) is 6.92 Å². The first-order valence-corrected chi connectivity index (χ1v) is 7.38. The Labute approximate surface area is 136 Å². The van der Waals surface area contributed by atoms with E-state index in [1.165, 1.54) is 7.11 Å². The molecule has 1 aliphatic rings. The largest absolute Gasteiger partial charge is 0.465 e. The van der Waals surface area contributed by atoms with Crippen LogP contribution in [0.5, 0.6) is 0 Å². The average molecular weight is 315 g/mol. The SMILES string of the molecule is COCCN1C(=O)/C(=C\c2ccc(C)cc2)C(C(=O)OC)=C1C. The van der Waals surface area contributed by atoms with Crippen molar-refractivity contribution < 1.29 is 19.1 Å². The molecular formula is C18H21NO4. The van der Waals surface area contributed by atoms with Gasteiger partial charge in [-0.15, -0.1) is 0 Å². The first-order valence-electron chi connectivity index (χ1n) is 7.38. The fraction of sp³-hybridized carbons (Fsp3) is 0.333. The second-order valence-corrected chi connectivity index (χ2v) is 5.37. The number of allylic oxidation sites excluding steroid dienone is 1. The van der Waals surface area contributed by atoms with Crippen LogP contribution in [0.15, 0.2) is 41.1 Å². The quantitative estimate of drug-likeness (QED) is 0.618. The maximum atomic E-state index is 12.7. The van der Waals surface area contributed by atoms with E-state index in [9.17, 15) is 9.59 Å². The Kier molecular flexibility index (Phi) is 5.34. The van der Waals surface area contributed by atoms with Crippen molar-refractivity contribution in [3.8, 4) is 0 Å². The molecule has 0 bridgehead atoms. The second kappa shape index (κ2) is 7.24. The van der Waals surface area contributed by atoms with E-state index in [0.717, 1.165) is 11.1 Å². The molecule has 0 saturated heterocycles. The van der Waals surface area contributed by atoms with Crippen LogP contribution in [0.2, 0.25) is 0 Å². The van der Waals surface area contributed by atoms with Gasteiger partial charge in [0.25, 0.3) is 5.91 Å². The van der Waals surface area contributed by atoms with Crippen LogP contribution >= 0.6 is 0 Å². The van der Waals surface area contributed by atoms with Gasteiger partial charge in [-0.25, -0.2) is 4.79 Å². The third kappa shape index (κ3) is 3.51. The van der Waals surface area contributed by atoms with Gasteiger partial charge in [-0.2, -0.15) is 0 Å². The van der Waals surface area contributed by atoms with Gasteiger partial charge < -0.3 is 14.4 Å². The van der Waals surface area contributed by atoms with Crippen LogP contribution < -0.4 is 0 Å². The Morgan fingerprint density at radius 1 is 1.17 bits per heavy atom. The lowest BCUT2D eigenvalue weighted by Crippen LogP contribution is -2.28. The Bertz CT molecular complexity index is 671. The van der Waals surface area contributed by atoms with Crippen molar-refractivity contribution in [2.45, 2.75) is 13.8 Å². The van der Waals surface area contributed by atoms with E-state index in [2.05, 4.69) is 0 Å². The van der Waals surface area contributed by atoms with Gasteiger partial charge in [0, 0.05) is 19.4 Å². The summed E-state index contributed by atoms with van der Waals surface area (Å²) in [5.74, 6) is -0.713. The van der Waals surface area contributed by atoms with Gasteiger partial charge >= 0.3 is 5.97 Å². The lowest BCUT2D eigenvalue weighted by molar-refractivity contribution is -0.136. The zero-order valence-corrected chi connectivity index (χ0v) is 13.9. The van der Waals surface area contributed by atoms with Gasteiger partial charge in [0.15, 0.2) is 0 Å². The summed E-state index contributed by atoms with van der Waals surface area (Å²) in [6.07, 6.45) is 1.73. The summed E-state index contributed by atoms with van der Waals surface area (Å²) in [7, 11) is 2.89. The molecule has 0 spiro atoms. The molecule has 0 N–H and O–H groups in total. The van der Waals surface area contributed by atoms with Crippen LogP contribution in [0.3, 0.4) is 0 Å². The predicted octanol–water partition coefficient (Wildman–Crippen LogP) is 2.31. The monoisotopic (exact) mass is 315 g/mol. The van der Waals surface area contributed by atoms with Crippen molar-refractivity contribution in [1.82, 2.24) is 4.90 Å². The minimum Gasteiger partial charge on any atom is -0.465 e. The van der Waals surface area contributed by atoms with E-state index < -0.39 is 5.97 Å². The Balaban J connectivity index is 2.45. The molecule has 0 unspecified atom stereocenters. The first kappa shape index (κ1) is 17.0. The molecule has 1 amide bonds. The summed E-state index contributed by atoms with van der Waals surface area (Å²) in [6.45, 7) is 4.53. The fourth-order valence-corrected chi connectivity index (χ4v) is 2.51. The minimum absolute atomic E-state index is 0.208. The minimum atomic E-state index is -0.505. The topological polar surface area (TPSA) is 55.8 Å². The fourth-order valence-electron chi connectivity index (χ4n) is 2.51. The summed E-state index contributed by atoms with van der Waals surface area (Å²) < 4.78 is 9.88. The van der Waals surface area contributed by atoms with Crippen molar-refractivity contribution in [3.63, 3.8) is 0 Å². The maximum Gasteiger partial charge on any atom is 0.340 e. The highest BCUT2D eigenvalue weighted by molar-refractivity contribution is 6.16. The number of benzene rings is 1. The molecule has 0 saturated carbocycles. The van der Waals surface area contributed by atoms with E-state index in [4.69, 9.17) is 9.47 Å². The molecule has 1 aliphatic heterocycles. The van der Waals surface area contributed by atoms with Crippen molar-refractivity contribution in [1.29, 1.82) is 0 Å². The molecule has 1 heterocycles. The van der Waals surface area contributed by atoms with Crippen molar-refractivity contribution in [3.05, 3.63) is 52.2 Å². The van der Waals surface area contributed by atoms with Gasteiger partial charge in [0.2, 0.25) is 0 Å². The van der Waals surface area contributed by atoms with Crippen molar-refractivity contribution in [2.75, 3.05) is 27.4 Å². The van der Waals surface area contributed by atoms with Crippen LogP contribution in [0.1, 0.15) is 18.1 Å². The highest BCUT2D eigenvalue weighted by atomic mass is 16.5. The van der Waals surface area contributed by atoms with Crippen molar-refractivity contribution >= 4 is 18.0 Å². The molecule has 0 aliphatic carbocycles. The number of nitrogens with zero attached hydrogens (tertiary/aromatic N) is 1. The van der Waals surface area contributed by atoms with E-state index in [1.54, 1.807) is 25.0 Å². The van der Waals surface area contributed by atoms with Crippen LogP contribution in [-0.4, -0.2) is 44.1 Å². The molecule has 1 aromatic rings. The number of esters is 1. The van der Waals surface area contributed by atoms with Gasteiger partial charge in [0.05, 0.1) is 24.9 Å². The predicted molar refractivity (Wildman–Crippen MR) is 87.5 cm³/mol. The third-order valence-electron chi connectivity index (χ3n) is 3.81. The zero-order chi connectivity index (χ0) is 17.0. The molecule has 1 aromatic carbocycles. The number of carbonyl (C=O) groups is 2. The number of ether oxygens (including phenoxy) is 2. The normalized spacial score (nSPS) is 16.4. The van der Waals surface area contributed by atoms with Crippen molar-refractivity contribution in [2.24, 2.45) is 0 Å². The molecule has 122 valence electrons. The molecular weight excluding hydrogens is 294 g/mol. The summed E-state index contributed by atoms with van der Waals surface area (Å²) in [5.41, 5.74) is 3.26. The molecule has 23 heavy (non-hydrogen) atoms. The number of rotatable bonds is 5. The smallest absolute Gasteiger partial charge is 0.340 e.